The molecule has 24 rings (SSSR count). The van der Waals surface area contributed by atoms with Gasteiger partial charge in [-0.2, -0.15) is 0 Å². The Morgan fingerprint density at radius 1 is 0.390 bits per heavy atom. The summed E-state index contributed by atoms with van der Waals surface area (Å²) in [6, 6.07) is 35.6. The van der Waals surface area contributed by atoms with E-state index in [2.05, 4.69) is 203 Å². The molecule has 0 N–H and O–H groups in total. The van der Waals surface area contributed by atoms with Crippen LogP contribution >= 0.6 is 0 Å². The summed E-state index contributed by atoms with van der Waals surface area (Å²) in [7, 11) is 2.28. The van der Waals surface area contributed by atoms with Crippen molar-refractivity contribution in [2.24, 2.45) is 169 Å². The first-order valence-electron chi connectivity index (χ1n) is 51.4. The predicted octanol–water partition coefficient (Wildman–Crippen LogP) is 25.8. The van der Waals surface area contributed by atoms with E-state index in [0.29, 0.717) is 21.7 Å². The van der Waals surface area contributed by atoms with Crippen LogP contribution < -0.4 is 56.5 Å². The van der Waals surface area contributed by atoms with Gasteiger partial charge in [-0.25, -0.2) is 4.99 Å². The van der Waals surface area contributed by atoms with E-state index in [0.717, 1.165) is 166 Å². The molecule has 4 aromatic carbocycles. The van der Waals surface area contributed by atoms with Crippen LogP contribution in [0.1, 0.15) is 331 Å². The Morgan fingerprint density at radius 3 is 1.15 bits per heavy atom. The molecule has 1 aliphatic heterocycles. The van der Waals surface area contributed by atoms with Crippen molar-refractivity contribution in [2.45, 2.75) is 311 Å². The number of nitrogens with zero attached hydrogens (tertiary/aromatic N) is 5. The van der Waals surface area contributed by atoms with Crippen LogP contribution in [0.2, 0.25) is 0 Å². The van der Waals surface area contributed by atoms with Crippen LogP contribution in [-0.2, 0) is 13.0 Å². The van der Waals surface area contributed by atoms with Crippen LogP contribution in [0.3, 0.4) is 0 Å². The Morgan fingerprint density at radius 2 is 0.748 bits per heavy atom. The zero-order valence-electron chi connectivity index (χ0n) is 77.9. The number of allylic oxidation sites excluding steroid dienone is 2. The second kappa shape index (κ2) is 36.4. The monoisotopic (exact) mass is 1680 g/mol. The third-order valence-electron chi connectivity index (χ3n) is 41.5. The van der Waals surface area contributed by atoms with Gasteiger partial charge >= 0.3 is 51.4 Å². The van der Waals surface area contributed by atoms with Gasteiger partial charge in [-0.05, 0) is 492 Å². The largest absolute Gasteiger partial charge is 1.00 e. The van der Waals surface area contributed by atoms with Crippen molar-refractivity contribution in [3.63, 3.8) is 0 Å². The van der Waals surface area contributed by atoms with Gasteiger partial charge in [-0.15, -0.1) is 0 Å². The molecular formula is C115H154KN5O2. The molecule has 1 amide bonds. The minimum absolute atomic E-state index is 0. The number of hydrogen-bond acceptors (Lipinski definition) is 6. The van der Waals surface area contributed by atoms with Crippen LogP contribution in [0.25, 0.3) is 37.9 Å². The molecule has 0 unspecified atom stereocenters. The quantitative estimate of drug-likeness (QED) is 0.129. The molecule has 16 aliphatic carbocycles. The Labute approximate surface area is 785 Å². The Balaban J connectivity index is 0.000000105. The maximum Gasteiger partial charge on any atom is 1.00 e. The smallest absolute Gasteiger partial charge is 0.528 e. The van der Waals surface area contributed by atoms with Gasteiger partial charge in [0.25, 0.3) is 0 Å². The molecule has 3 aromatic heterocycles. The van der Waals surface area contributed by atoms with Gasteiger partial charge in [-0.3, -0.25) is 15.0 Å². The van der Waals surface area contributed by atoms with Crippen LogP contribution in [0.4, 0.5) is 4.79 Å². The summed E-state index contributed by atoms with van der Waals surface area (Å²) < 4.78 is 0. The molecular weight excluding hydrogens is 1520 g/mol. The number of pyridine rings is 3. The van der Waals surface area contributed by atoms with Crippen molar-refractivity contribution in [3.05, 3.63) is 168 Å². The summed E-state index contributed by atoms with van der Waals surface area (Å²) in [5, 5.41) is 16.9. The second-order valence-corrected chi connectivity index (χ2v) is 47.1. The standard InChI is InChI=1S/C29H43N.2C28H37N.C28H35N.C2H3NO2.K/c1-19-4-8-24-21(16-19)7-9-26-25(24)12-14-29(2)27(10-11-28(26)29)22-6-5-20-13-15-30(3)18-23(20)17-22;3*1-18-3-7-23-20(15-18)6-8-25-24(23)11-13-28(2)26(9-10-27(25)28)21-5-4-19-12-14-29-17-22(19)16-21;1-3-2(4)5;/h5-6,17,19,21,24-28H,4,7-16,18H2,1-3H3;2*4-5,12,14,16-18,20,23-27H,3,6-11,13,15H2,1-2H3;4-5,9,12,14,16-18,20,23-25,27H,3,6-8,10-11,13,15H2,1-2H3;1H2,(H,4,5);/q;;;;;+1/p-1/t19-,21-,24-,25+,26+,27+,28-,29+;2*18-,20-,23-,24+,25+,26+,27-,28+;18-,20-,23-,24+,25+,27-,28+;;/m0000../s1. The van der Waals surface area contributed by atoms with Crippen LogP contribution in [0, 0.1) is 164 Å². The molecule has 4 heterocycles. The molecule has 17 aliphatic rings. The summed E-state index contributed by atoms with van der Waals surface area (Å²) >= 11 is 0. The van der Waals surface area contributed by atoms with Gasteiger partial charge in [0.2, 0.25) is 0 Å². The Hall–Kier alpha value is -4.41. The van der Waals surface area contributed by atoms with E-state index in [9.17, 15) is 0 Å². The van der Waals surface area contributed by atoms with E-state index in [1.54, 1.807) is 59.1 Å². The van der Waals surface area contributed by atoms with Crippen molar-refractivity contribution < 1.29 is 61.3 Å². The molecule has 652 valence electrons. The van der Waals surface area contributed by atoms with Gasteiger partial charge < -0.3 is 14.8 Å². The first-order chi connectivity index (χ1) is 59.2. The first kappa shape index (κ1) is 87.9. The number of likely N-dealkylation sites (N-methyl/N-ethyl adjacent to an activating group) is 1. The zero-order valence-corrected chi connectivity index (χ0v) is 81.0. The van der Waals surface area contributed by atoms with E-state index in [1.165, 1.54) is 250 Å². The minimum atomic E-state index is -1.48. The molecule has 123 heavy (non-hydrogen) atoms. The maximum absolute atomic E-state index is 9.03. The summed E-state index contributed by atoms with van der Waals surface area (Å²) in [4.78, 5) is 27.1. The molecule has 15 saturated carbocycles. The molecule has 7 nitrogen and oxygen atoms in total. The second-order valence-electron chi connectivity index (χ2n) is 47.1. The topological polar surface area (TPSA) is 94.4 Å². The molecule has 7 aromatic rings. The van der Waals surface area contributed by atoms with Crippen LogP contribution in [0.15, 0.2) is 139 Å². The molecule has 15 fully saturated rings. The number of benzene rings is 4. The van der Waals surface area contributed by atoms with Gasteiger partial charge in [0.15, 0.2) is 6.09 Å². The number of hydrogen-bond donors (Lipinski definition) is 0. The third kappa shape index (κ3) is 16.6. The number of aliphatic imine (C=N–C) groups is 1. The van der Waals surface area contributed by atoms with Gasteiger partial charge in [0, 0.05) is 66.4 Å². The molecule has 0 saturated heterocycles. The van der Waals surface area contributed by atoms with Crippen molar-refractivity contribution in [1.82, 2.24) is 19.9 Å². The number of aromatic nitrogens is 3. The summed E-state index contributed by atoms with van der Waals surface area (Å²) in [5.74, 6) is 26.9. The summed E-state index contributed by atoms with van der Waals surface area (Å²) in [6.45, 7) is 25.7. The molecule has 0 bridgehead atoms. The zero-order chi connectivity index (χ0) is 83.5. The fourth-order valence-electron chi connectivity index (χ4n) is 35.8. The molecule has 0 spiro atoms. The van der Waals surface area contributed by atoms with E-state index >= 15 is 0 Å². The first-order valence-corrected chi connectivity index (χ1v) is 51.4. The van der Waals surface area contributed by atoms with Crippen LogP contribution in [-0.4, -0.2) is 46.3 Å². The van der Waals surface area contributed by atoms with E-state index in [-0.39, 0.29) is 51.4 Å². The predicted molar refractivity (Wildman–Crippen MR) is 503 cm³/mol. The van der Waals surface area contributed by atoms with E-state index in [4.69, 9.17) is 9.90 Å². The third-order valence-corrected chi connectivity index (χ3v) is 41.5. The Bertz CT molecular complexity index is 4730. The molecule has 8 heteroatoms. The average molecular weight is 1680 g/mol. The fraction of sp³-hybridized carbons (Fsp3) is 0.678. The maximum atomic E-state index is 9.03. The van der Waals surface area contributed by atoms with Crippen molar-refractivity contribution in [3.8, 4) is 0 Å². The number of rotatable bonds is 4. The molecule has 0 radical (unpaired) electrons. The van der Waals surface area contributed by atoms with E-state index in [1.807, 2.05) is 24.8 Å². The van der Waals surface area contributed by atoms with Crippen molar-refractivity contribution >= 4 is 50.7 Å². The normalized spacial score (nSPS) is 42.0. The number of fused-ring (bicyclic) bond motifs is 24. The van der Waals surface area contributed by atoms with E-state index < -0.39 is 6.09 Å². The fourth-order valence-corrected chi connectivity index (χ4v) is 35.8. The minimum Gasteiger partial charge on any atom is -0.528 e. The summed E-state index contributed by atoms with van der Waals surface area (Å²) in [6.07, 6.45) is 66.7. The molecule has 31 atom stereocenters. The summed E-state index contributed by atoms with van der Waals surface area (Å²) in [5.41, 5.74) is 13.2. The van der Waals surface area contributed by atoms with Gasteiger partial charge in [0.1, 0.15) is 0 Å². The van der Waals surface area contributed by atoms with Gasteiger partial charge in [-0.1, -0.05) is 142 Å². The average Bonchev–Trinajstić information content (AvgIpc) is 1.62. The SMILES string of the molecule is C=NC(=O)[O-].C[C@H]1CC[C@H]2[C@@H](CC[C@@H]3[C@@H]2CC[C@]2(C)C(c4ccc5ccncc5c4)=CC[C@@H]32)C1.C[C@H]1CC[C@H]2[C@@H](CC[C@@H]3[C@@H]2CC[C@]2(C)[C@@H](c4ccc5c(c4)CN(C)CC5)CC[C@@H]32)C1.C[C@H]1CC[C@H]2[C@@H](CC[C@@H]3[C@@H]2CC[C@]2(C)[C@@H](c4ccc5ccncc5c4)CC[C@@H]32)C1.C[C@H]1CC[C@H]2[C@@H](CC[C@@H]3[C@@H]2CC[C@]2(C)[C@@H](c4ccc5ccncc5c4)CC[C@@H]32)C1.[K+]. The number of amides is 1. The Kier molecular flexibility index (Phi) is 26.0. The van der Waals surface area contributed by atoms with Crippen molar-refractivity contribution in [2.75, 3.05) is 13.6 Å². The number of carboxylic acid groups (broad SMARTS) is 1. The van der Waals surface area contributed by atoms with Gasteiger partial charge in [0.05, 0.1) is 0 Å². The van der Waals surface area contributed by atoms with Crippen molar-refractivity contribution in [1.29, 1.82) is 0 Å². The number of carbonyl (C=O) groups excluding carboxylic acids is 1. The van der Waals surface area contributed by atoms with Crippen LogP contribution in [0.5, 0.6) is 0 Å². The number of carbonyl (C=O) groups is 1.